The summed E-state index contributed by atoms with van der Waals surface area (Å²) in [6.07, 6.45) is 6.87. The first-order valence-corrected chi connectivity index (χ1v) is 10.4. The Morgan fingerprint density at radius 1 is 1.27 bits per heavy atom. The van der Waals surface area contributed by atoms with Gasteiger partial charge >= 0.3 is 5.97 Å². The van der Waals surface area contributed by atoms with Crippen LogP contribution in [0, 0.1) is 0 Å². The summed E-state index contributed by atoms with van der Waals surface area (Å²) in [6.45, 7) is 3.78. The highest BCUT2D eigenvalue weighted by atomic mass is 32.1. The van der Waals surface area contributed by atoms with E-state index in [0.717, 1.165) is 5.56 Å². The van der Waals surface area contributed by atoms with Crippen molar-refractivity contribution in [2.75, 3.05) is 6.61 Å². The number of benzene rings is 1. The molecule has 0 amide bonds. The number of rotatable bonds is 5. The van der Waals surface area contributed by atoms with Gasteiger partial charge in [-0.3, -0.25) is 9.36 Å². The zero-order valence-electron chi connectivity index (χ0n) is 16.6. The summed E-state index contributed by atoms with van der Waals surface area (Å²) < 4.78 is 12.6. The first-order chi connectivity index (χ1) is 14.6. The van der Waals surface area contributed by atoms with E-state index >= 15 is 0 Å². The molecule has 1 aromatic carbocycles. The van der Waals surface area contributed by atoms with Crippen molar-refractivity contribution in [3.05, 3.63) is 97.1 Å². The molecule has 1 atom stereocenters. The van der Waals surface area contributed by atoms with Crippen molar-refractivity contribution in [3.63, 3.8) is 0 Å². The summed E-state index contributed by atoms with van der Waals surface area (Å²) in [4.78, 5) is 31.1. The minimum Gasteiger partial charge on any atom is -0.465 e. The van der Waals surface area contributed by atoms with Gasteiger partial charge in [-0.1, -0.05) is 47.7 Å². The van der Waals surface area contributed by atoms with Gasteiger partial charge in [-0.15, -0.1) is 0 Å². The van der Waals surface area contributed by atoms with E-state index in [4.69, 9.17) is 9.15 Å². The van der Waals surface area contributed by atoms with Crippen LogP contribution in [0.25, 0.3) is 12.2 Å². The lowest BCUT2D eigenvalue weighted by atomic mass is 9.96. The maximum atomic E-state index is 13.3. The Labute approximate surface area is 176 Å². The molecule has 0 radical (unpaired) electrons. The number of ether oxygens (including phenoxy) is 1. The van der Waals surface area contributed by atoms with Gasteiger partial charge in [0.15, 0.2) is 4.80 Å². The zero-order valence-corrected chi connectivity index (χ0v) is 17.4. The molecule has 0 bridgehead atoms. The number of aromatic nitrogens is 1. The van der Waals surface area contributed by atoms with E-state index in [9.17, 15) is 9.59 Å². The van der Waals surface area contributed by atoms with Crippen molar-refractivity contribution in [1.29, 1.82) is 0 Å². The second-order valence-corrected chi connectivity index (χ2v) is 7.62. The summed E-state index contributed by atoms with van der Waals surface area (Å²) in [6, 6.07) is 12.5. The van der Waals surface area contributed by atoms with Crippen LogP contribution in [0.1, 0.15) is 31.2 Å². The van der Waals surface area contributed by atoms with Crippen molar-refractivity contribution in [1.82, 2.24) is 4.57 Å². The highest BCUT2D eigenvalue weighted by molar-refractivity contribution is 7.07. The highest BCUT2D eigenvalue weighted by Crippen LogP contribution is 2.30. The molecular weight excluding hydrogens is 400 g/mol. The van der Waals surface area contributed by atoms with Gasteiger partial charge in [0.25, 0.3) is 5.56 Å². The number of esters is 1. The molecule has 0 fully saturated rings. The number of allylic oxidation sites excluding steroid dienone is 2. The van der Waals surface area contributed by atoms with Gasteiger partial charge < -0.3 is 9.15 Å². The van der Waals surface area contributed by atoms with Crippen LogP contribution in [0.15, 0.2) is 80.3 Å². The Morgan fingerprint density at radius 3 is 2.77 bits per heavy atom. The zero-order chi connectivity index (χ0) is 21.1. The number of thiazole rings is 1. The smallest absolute Gasteiger partial charge is 0.338 e. The second kappa shape index (κ2) is 8.51. The van der Waals surface area contributed by atoms with Crippen LogP contribution in [0.4, 0.5) is 0 Å². The van der Waals surface area contributed by atoms with Crippen LogP contribution in [-0.2, 0) is 9.53 Å². The number of carbonyl (C=O) groups is 1. The predicted octanol–water partition coefficient (Wildman–Crippen LogP) is 3.06. The van der Waals surface area contributed by atoms with Gasteiger partial charge in [-0.05, 0) is 43.7 Å². The molecule has 6 nitrogen and oxygen atoms in total. The van der Waals surface area contributed by atoms with E-state index in [1.807, 2.05) is 36.4 Å². The van der Waals surface area contributed by atoms with Crippen LogP contribution >= 0.6 is 11.3 Å². The molecule has 152 valence electrons. The largest absolute Gasteiger partial charge is 0.465 e. The third-order valence-corrected chi connectivity index (χ3v) is 5.68. The third-order valence-electron chi connectivity index (χ3n) is 4.68. The van der Waals surface area contributed by atoms with E-state index in [1.54, 1.807) is 49.0 Å². The van der Waals surface area contributed by atoms with Gasteiger partial charge in [-0.25, -0.2) is 9.79 Å². The molecule has 0 aliphatic carbocycles. The summed E-state index contributed by atoms with van der Waals surface area (Å²) in [5.41, 5.74) is 1.56. The molecule has 7 heteroatoms. The Balaban J connectivity index is 1.87. The summed E-state index contributed by atoms with van der Waals surface area (Å²) >= 11 is 1.29. The van der Waals surface area contributed by atoms with Gasteiger partial charge in [0.1, 0.15) is 5.76 Å². The first-order valence-electron chi connectivity index (χ1n) is 9.55. The molecule has 0 N–H and O–H groups in total. The Bertz CT molecular complexity index is 1300. The molecule has 0 saturated heterocycles. The van der Waals surface area contributed by atoms with Crippen LogP contribution in [0.5, 0.6) is 0 Å². The Kier molecular flexibility index (Phi) is 5.63. The van der Waals surface area contributed by atoms with Crippen molar-refractivity contribution >= 4 is 29.5 Å². The fourth-order valence-electron chi connectivity index (χ4n) is 3.37. The molecule has 2 aromatic heterocycles. The van der Waals surface area contributed by atoms with Crippen LogP contribution in [0.3, 0.4) is 0 Å². The van der Waals surface area contributed by atoms with Crippen molar-refractivity contribution in [2.45, 2.75) is 19.9 Å². The quantitative estimate of drug-likeness (QED) is 0.595. The monoisotopic (exact) mass is 420 g/mol. The van der Waals surface area contributed by atoms with Crippen LogP contribution < -0.4 is 14.9 Å². The van der Waals surface area contributed by atoms with Crippen LogP contribution in [0.2, 0.25) is 0 Å². The molecular formula is C23H20N2O4S. The van der Waals surface area contributed by atoms with Gasteiger partial charge in [0, 0.05) is 0 Å². The van der Waals surface area contributed by atoms with Gasteiger partial charge in [0.2, 0.25) is 0 Å². The van der Waals surface area contributed by atoms with Crippen LogP contribution in [-0.4, -0.2) is 17.1 Å². The fraction of sp³-hybridized carbons (Fsp3) is 0.174. The summed E-state index contributed by atoms with van der Waals surface area (Å²) in [7, 11) is 0. The first kappa shape index (κ1) is 19.8. The predicted molar refractivity (Wildman–Crippen MR) is 115 cm³/mol. The van der Waals surface area contributed by atoms with Crippen molar-refractivity contribution in [3.8, 4) is 0 Å². The normalized spacial score (nSPS) is 16.6. The molecule has 4 rings (SSSR count). The molecule has 0 spiro atoms. The van der Waals surface area contributed by atoms with E-state index in [0.29, 0.717) is 26.4 Å². The molecule has 1 aliphatic heterocycles. The lowest BCUT2D eigenvalue weighted by Crippen LogP contribution is -2.39. The molecule has 1 unspecified atom stereocenters. The summed E-state index contributed by atoms with van der Waals surface area (Å²) in [5.74, 6) is 0.237. The number of nitrogens with zero attached hydrogens (tertiary/aromatic N) is 2. The lowest BCUT2D eigenvalue weighted by molar-refractivity contribution is -0.139. The van der Waals surface area contributed by atoms with E-state index in [-0.39, 0.29) is 12.2 Å². The molecule has 0 saturated carbocycles. The molecule has 1 aliphatic rings. The van der Waals surface area contributed by atoms with Crippen molar-refractivity contribution < 1.29 is 13.9 Å². The van der Waals surface area contributed by atoms with Crippen molar-refractivity contribution in [2.24, 2.45) is 4.99 Å². The number of hydrogen-bond acceptors (Lipinski definition) is 6. The SMILES string of the molecule is CCOC(=O)C1=C(C)N=c2sc(=CC=Cc3ccco3)c(=O)n2C1c1ccccc1. The minimum absolute atomic E-state index is 0.203. The third kappa shape index (κ3) is 3.71. The minimum atomic E-state index is -0.585. The highest BCUT2D eigenvalue weighted by Gasteiger charge is 2.33. The Morgan fingerprint density at radius 2 is 2.07 bits per heavy atom. The topological polar surface area (TPSA) is 73.8 Å². The van der Waals surface area contributed by atoms with E-state index in [2.05, 4.69) is 4.99 Å². The molecule has 3 aromatic rings. The molecule has 3 heterocycles. The Hall–Kier alpha value is -3.45. The molecule has 30 heavy (non-hydrogen) atoms. The number of hydrogen-bond donors (Lipinski definition) is 0. The second-order valence-electron chi connectivity index (χ2n) is 6.61. The number of fused-ring (bicyclic) bond motifs is 1. The summed E-state index contributed by atoms with van der Waals surface area (Å²) in [5, 5.41) is 0. The number of carbonyl (C=O) groups excluding carboxylic acids is 1. The average molecular weight is 420 g/mol. The standard InChI is InChI=1S/C23H20N2O4S/c1-3-28-22(27)19-15(2)24-23-25(20(19)16-9-5-4-6-10-16)21(26)18(30-23)13-7-11-17-12-8-14-29-17/h4-14,20H,3H2,1-2H3. The maximum absolute atomic E-state index is 13.3. The van der Waals surface area contributed by atoms with Gasteiger partial charge in [0.05, 0.1) is 34.7 Å². The van der Waals surface area contributed by atoms with Gasteiger partial charge in [-0.2, -0.15) is 0 Å². The average Bonchev–Trinajstić information content (AvgIpc) is 3.36. The number of furan rings is 1. The van der Waals surface area contributed by atoms with E-state index < -0.39 is 12.0 Å². The maximum Gasteiger partial charge on any atom is 0.338 e. The lowest BCUT2D eigenvalue weighted by Gasteiger charge is -2.24. The van der Waals surface area contributed by atoms with E-state index in [1.165, 1.54) is 11.3 Å². The fourth-order valence-corrected chi connectivity index (χ4v) is 4.37.